The van der Waals surface area contributed by atoms with Crippen molar-refractivity contribution in [2.45, 2.75) is 20.0 Å². The highest BCUT2D eigenvalue weighted by molar-refractivity contribution is 5.97. The summed E-state index contributed by atoms with van der Waals surface area (Å²) >= 11 is 0. The van der Waals surface area contributed by atoms with Crippen molar-refractivity contribution >= 4 is 12.1 Å². The maximum atomic E-state index is 12.1. The third kappa shape index (κ3) is 4.34. The standard InChI is InChI=1S/C17H18N2O3/c1-12(2)22-16-9-4-3-8-15(16)17(21)19-18-11-13-6-5-7-14(20)10-13/h3-12,20H,1-2H3,(H,19,21). The smallest absolute Gasteiger partial charge is 0.275 e. The molecule has 0 radical (unpaired) electrons. The van der Waals surface area contributed by atoms with Gasteiger partial charge < -0.3 is 9.84 Å². The van der Waals surface area contributed by atoms with E-state index < -0.39 is 0 Å². The normalized spacial score (nSPS) is 10.9. The van der Waals surface area contributed by atoms with Gasteiger partial charge in [-0.2, -0.15) is 5.10 Å². The molecule has 2 rings (SSSR count). The van der Waals surface area contributed by atoms with Crippen LogP contribution in [0.3, 0.4) is 0 Å². The van der Waals surface area contributed by atoms with Gasteiger partial charge in [0.1, 0.15) is 11.5 Å². The number of nitrogens with one attached hydrogen (secondary N) is 1. The summed E-state index contributed by atoms with van der Waals surface area (Å²) in [7, 11) is 0. The number of nitrogens with zero attached hydrogens (tertiary/aromatic N) is 1. The largest absolute Gasteiger partial charge is 0.508 e. The Bertz CT molecular complexity index is 681. The number of hydrogen-bond donors (Lipinski definition) is 2. The summed E-state index contributed by atoms with van der Waals surface area (Å²) in [5.41, 5.74) is 3.56. The Balaban J connectivity index is 2.06. The molecule has 0 saturated heterocycles. The molecule has 0 aliphatic carbocycles. The third-order valence-corrected chi connectivity index (χ3v) is 2.74. The maximum Gasteiger partial charge on any atom is 0.275 e. The van der Waals surface area contributed by atoms with Crippen LogP contribution in [0.2, 0.25) is 0 Å². The van der Waals surface area contributed by atoms with Crippen molar-refractivity contribution in [3.8, 4) is 11.5 Å². The van der Waals surface area contributed by atoms with Gasteiger partial charge in [0.05, 0.1) is 17.9 Å². The molecule has 0 saturated carbocycles. The summed E-state index contributed by atoms with van der Waals surface area (Å²) in [6, 6.07) is 13.6. The molecule has 114 valence electrons. The predicted octanol–water partition coefficient (Wildman–Crippen LogP) is 2.94. The first-order valence-electron chi connectivity index (χ1n) is 6.94. The molecule has 1 amide bonds. The fourth-order valence-electron chi connectivity index (χ4n) is 1.84. The molecule has 0 aliphatic heterocycles. The van der Waals surface area contributed by atoms with Gasteiger partial charge in [-0.3, -0.25) is 4.79 Å². The second kappa shape index (κ2) is 7.26. The molecule has 0 aliphatic rings. The van der Waals surface area contributed by atoms with Crippen LogP contribution in [0.5, 0.6) is 11.5 Å². The molecule has 0 spiro atoms. The summed E-state index contributed by atoms with van der Waals surface area (Å²) < 4.78 is 5.60. The van der Waals surface area contributed by atoms with Gasteiger partial charge in [0.15, 0.2) is 0 Å². The molecule has 5 nitrogen and oxygen atoms in total. The summed E-state index contributed by atoms with van der Waals surface area (Å²) in [6.45, 7) is 3.80. The van der Waals surface area contributed by atoms with Crippen molar-refractivity contribution in [2.24, 2.45) is 5.10 Å². The summed E-state index contributed by atoms with van der Waals surface area (Å²) in [5.74, 6) is 0.307. The van der Waals surface area contributed by atoms with E-state index in [1.807, 2.05) is 19.9 Å². The van der Waals surface area contributed by atoms with Gasteiger partial charge in [-0.15, -0.1) is 0 Å². The lowest BCUT2D eigenvalue weighted by atomic mass is 10.2. The van der Waals surface area contributed by atoms with Crippen molar-refractivity contribution < 1.29 is 14.6 Å². The minimum Gasteiger partial charge on any atom is -0.508 e. The molecule has 0 atom stereocenters. The number of carbonyl (C=O) groups is 1. The highest BCUT2D eigenvalue weighted by atomic mass is 16.5. The van der Waals surface area contributed by atoms with Crippen molar-refractivity contribution in [2.75, 3.05) is 0 Å². The van der Waals surface area contributed by atoms with Crippen LogP contribution in [0.25, 0.3) is 0 Å². The fourth-order valence-corrected chi connectivity index (χ4v) is 1.84. The zero-order valence-corrected chi connectivity index (χ0v) is 12.5. The van der Waals surface area contributed by atoms with E-state index in [-0.39, 0.29) is 17.8 Å². The summed E-state index contributed by atoms with van der Waals surface area (Å²) in [5, 5.41) is 13.2. The summed E-state index contributed by atoms with van der Waals surface area (Å²) in [6.07, 6.45) is 1.44. The Hall–Kier alpha value is -2.82. The zero-order chi connectivity index (χ0) is 15.9. The van der Waals surface area contributed by atoms with Crippen LogP contribution in [-0.2, 0) is 0 Å². The van der Waals surface area contributed by atoms with Crippen LogP contribution >= 0.6 is 0 Å². The lowest BCUT2D eigenvalue weighted by Gasteiger charge is -2.12. The lowest BCUT2D eigenvalue weighted by Crippen LogP contribution is -2.19. The van der Waals surface area contributed by atoms with Gasteiger partial charge >= 0.3 is 0 Å². The van der Waals surface area contributed by atoms with Crippen LogP contribution in [0.15, 0.2) is 53.6 Å². The molecule has 0 aromatic heterocycles. The van der Waals surface area contributed by atoms with E-state index in [0.717, 1.165) is 0 Å². The Morgan fingerprint density at radius 1 is 1.23 bits per heavy atom. The number of phenolic OH excluding ortho intramolecular Hbond substituents is 1. The molecule has 0 fully saturated rings. The number of phenols is 1. The van der Waals surface area contributed by atoms with Gasteiger partial charge in [-0.1, -0.05) is 24.3 Å². The number of para-hydroxylation sites is 1. The van der Waals surface area contributed by atoms with Crippen molar-refractivity contribution in [1.29, 1.82) is 0 Å². The first-order chi connectivity index (χ1) is 10.6. The Kier molecular flexibility index (Phi) is 5.14. The van der Waals surface area contributed by atoms with Gasteiger partial charge in [-0.25, -0.2) is 5.43 Å². The van der Waals surface area contributed by atoms with Gasteiger partial charge in [0, 0.05) is 0 Å². The van der Waals surface area contributed by atoms with Crippen molar-refractivity contribution in [3.05, 3.63) is 59.7 Å². The number of ether oxygens (including phenoxy) is 1. The minimum absolute atomic E-state index is 0.0234. The van der Waals surface area contributed by atoms with Crippen molar-refractivity contribution in [3.63, 3.8) is 0 Å². The van der Waals surface area contributed by atoms with Crippen LogP contribution in [0, 0.1) is 0 Å². The van der Waals surface area contributed by atoms with Gasteiger partial charge in [0.25, 0.3) is 5.91 Å². The number of benzene rings is 2. The average Bonchev–Trinajstić information content (AvgIpc) is 2.47. The van der Waals surface area contributed by atoms with E-state index >= 15 is 0 Å². The van der Waals surface area contributed by atoms with Crippen LogP contribution in [0.1, 0.15) is 29.8 Å². The Morgan fingerprint density at radius 3 is 2.73 bits per heavy atom. The third-order valence-electron chi connectivity index (χ3n) is 2.74. The molecule has 0 unspecified atom stereocenters. The molecule has 0 bridgehead atoms. The van der Waals surface area contributed by atoms with E-state index in [0.29, 0.717) is 16.9 Å². The minimum atomic E-state index is -0.354. The summed E-state index contributed by atoms with van der Waals surface area (Å²) in [4.78, 5) is 12.1. The zero-order valence-electron chi connectivity index (χ0n) is 12.5. The van der Waals surface area contributed by atoms with Crippen LogP contribution in [0.4, 0.5) is 0 Å². The molecule has 2 aromatic carbocycles. The van der Waals surface area contributed by atoms with Crippen molar-refractivity contribution in [1.82, 2.24) is 5.43 Å². The lowest BCUT2D eigenvalue weighted by molar-refractivity contribution is 0.0949. The maximum absolute atomic E-state index is 12.1. The number of hydrazone groups is 1. The van der Waals surface area contributed by atoms with E-state index in [9.17, 15) is 9.90 Å². The first-order valence-corrected chi connectivity index (χ1v) is 6.94. The monoisotopic (exact) mass is 298 g/mol. The highest BCUT2D eigenvalue weighted by Crippen LogP contribution is 2.19. The van der Waals surface area contributed by atoms with E-state index in [1.54, 1.807) is 42.5 Å². The van der Waals surface area contributed by atoms with Gasteiger partial charge in [0.2, 0.25) is 0 Å². The average molecular weight is 298 g/mol. The predicted molar refractivity (Wildman–Crippen MR) is 85.4 cm³/mol. The molecule has 2 N–H and O–H groups in total. The number of aromatic hydroxyl groups is 1. The molecular formula is C17H18N2O3. The molecule has 2 aromatic rings. The molecular weight excluding hydrogens is 280 g/mol. The van der Waals surface area contributed by atoms with E-state index in [1.165, 1.54) is 6.21 Å². The van der Waals surface area contributed by atoms with E-state index in [4.69, 9.17) is 4.74 Å². The molecule has 22 heavy (non-hydrogen) atoms. The number of hydrogen-bond acceptors (Lipinski definition) is 4. The number of amides is 1. The molecule has 5 heteroatoms. The second-order valence-corrected chi connectivity index (χ2v) is 4.96. The van der Waals surface area contributed by atoms with Crippen LogP contribution < -0.4 is 10.2 Å². The van der Waals surface area contributed by atoms with Crippen LogP contribution in [-0.4, -0.2) is 23.3 Å². The number of carbonyl (C=O) groups excluding carboxylic acids is 1. The second-order valence-electron chi connectivity index (χ2n) is 4.96. The first kappa shape index (κ1) is 15.6. The SMILES string of the molecule is CC(C)Oc1ccccc1C(=O)NN=Cc1cccc(O)c1. The highest BCUT2D eigenvalue weighted by Gasteiger charge is 2.12. The van der Waals surface area contributed by atoms with E-state index in [2.05, 4.69) is 10.5 Å². The van der Waals surface area contributed by atoms with Gasteiger partial charge in [-0.05, 0) is 43.7 Å². The Morgan fingerprint density at radius 2 is 2.00 bits per heavy atom. The number of rotatable bonds is 5. The topological polar surface area (TPSA) is 70.9 Å². The quantitative estimate of drug-likeness (QED) is 0.658. The molecule has 0 heterocycles. The Labute approximate surface area is 129 Å². The fraction of sp³-hybridized carbons (Fsp3) is 0.176.